The molecule has 1 aliphatic carbocycles. The van der Waals surface area contributed by atoms with Gasteiger partial charge in [-0.05, 0) is 42.8 Å². The Labute approximate surface area is 244 Å². The summed E-state index contributed by atoms with van der Waals surface area (Å²) in [5.41, 5.74) is 1.02. The fraction of sp³-hybridized carbons (Fsp3) is 0.333. The molecule has 3 fully saturated rings. The van der Waals surface area contributed by atoms with E-state index >= 15 is 0 Å². The molecule has 0 radical (unpaired) electrons. The van der Waals surface area contributed by atoms with Crippen LogP contribution in [0.3, 0.4) is 0 Å². The van der Waals surface area contributed by atoms with Crippen molar-refractivity contribution < 1.29 is 27.5 Å². The van der Waals surface area contributed by atoms with E-state index < -0.39 is 60.9 Å². The highest BCUT2D eigenvalue weighted by Crippen LogP contribution is 2.45. The van der Waals surface area contributed by atoms with Gasteiger partial charge in [0.1, 0.15) is 23.8 Å². The van der Waals surface area contributed by atoms with E-state index in [9.17, 15) is 28.0 Å². The van der Waals surface area contributed by atoms with Crippen molar-refractivity contribution in [1.82, 2.24) is 10.3 Å². The number of hydrogen-bond donors (Lipinski definition) is 1. The van der Waals surface area contributed by atoms with E-state index in [1.807, 2.05) is 6.07 Å². The van der Waals surface area contributed by atoms with Crippen molar-refractivity contribution in [2.75, 3.05) is 9.80 Å². The van der Waals surface area contributed by atoms with E-state index in [4.69, 9.17) is 16.3 Å². The summed E-state index contributed by atoms with van der Waals surface area (Å²) >= 11 is 6.57. The normalized spacial score (nSPS) is 23.5. The first kappa shape index (κ1) is 28.0. The first-order valence-electron chi connectivity index (χ1n) is 13.5. The van der Waals surface area contributed by atoms with Gasteiger partial charge in [-0.3, -0.25) is 14.5 Å². The number of benzene rings is 2. The first-order chi connectivity index (χ1) is 20.1. The average molecular weight is 596 g/mol. The first-order valence-corrected chi connectivity index (χ1v) is 13.8. The molecule has 42 heavy (non-hydrogen) atoms. The number of pyridine rings is 1. The third-order valence-corrected chi connectivity index (χ3v) is 8.14. The second-order valence-electron chi connectivity index (χ2n) is 10.7. The molecule has 2 aliphatic heterocycles. The zero-order valence-electron chi connectivity index (χ0n) is 22.1. The van der Waals surface area contributed by atoms with Crippen LogP contribution in [0.4, 0.5) is 24.7 Å². The second kappa shape index (κ2) is 10.9. The standard InChI is InChI=1S/C30H25ClF3N5O3/c31-22-7-2-1-6-21(22)26(28(41)37-19-14-30(33,34)15-19)38(20-5-3-4-18(32)13-20)29-27(42-29)23-8-9-25(40)39(23)24-12-17(16-35)10-11-36-24/h1-7,10-13,19,23,26-27,29H,8-9,14-15H2,(H,37,41). The number of nitriles is 1. The molecule has 12 heteroatoms. The SMILES string of the molecule is N#Cc1ccnc(N2C(=O)CCC2C2OC2N(c2cccc(F)c2)C(C(=O)NC2CC(F)(F)C2)c2ccccc2Cl)c1. The number of carbonyl (C=O) groups excluding carboxylic acids is 2. The van der Waals surface area contributed by atoms with Crippen molar-refractivity contribution >= 4 is 34.9 Å². The Hall–Kier alpha value is -4.14. The van der Waals surface area contributed by atoms with E-state index in [2.05, 4.69) is 10.3 Å². The molecule has 4 atom stereocenters. The Morgan fingerprint density at radius 2 is 1.98 bits per heavy atom. The van der Waals surface area contributed by atoms with Gasteiger partial charge in [-0.2, -0.15) is 5.26 Å². The number of amides is 2. The summed E-state index contributed by atoms with van der Waals surface area (Å²) in [6, 6.07) is 15.0. The van der Waals surface area contributed by atoms with Crippen LogP contribution in [0.25, 0.3) is 0 Å². The van der Waals surface area contributed by atoms with Gasteiger partial charge in [0.05, 0.1) is 17.7 Å². The zero-order valence-corrected chi connectivity index (χ0v) is 22.8. The van der Waals surface area contributed by atoms with Crippen LogP contribution in [0.2, 0.25) is 5.02 Å². The highest BCUT2D eigenvalue weighted by atomic mass is 35.5. The lowest BCUT2D eigenvalue weighted by atomic mass is 9.87. The molecule has 0 spiro atoms. The Morgan fingerprint density at radius 3 is 2.69 bits per heavy atom. The van der Waals surface area contributed by atoms with Crippen LogP contribution in [0.1, 0.15) is 42.9 Å². The molecule has 3 heterocycles. The molecule has 0 bridgehead atoms. The third kappa shape index (κ3) is 5.40. The van der Waals surface area contributed by atoms with Crippen molar-refractivity contribution in [3.63, 3.8) is 0 Å². The summed E-state index contributed by atoms with van der Waals surface area (Å²) in [7, 11) is 0. The van der Waals surface area contributed by atoms with Crippen LogP contribution < -0.4 is 15.1 Å². The summed E-state index contributed by atoms with van der Waals surface area (Å²) in [6.07, 6.45) is -0.287. The van der Waals surface area contributed by atoms with Gasteiger partial charge < -0.3 is 15.0 Å². The molecule has 4 unspecified atom stereocenters. The Morgan fingerprint density at radius 1 is 1.19 bits per heavy atom. The molecule has 8 nitrogen and oxygen atoms in total. The van der Waals surface area contributed by atoms with Gasteiger partial charge in [-0.1, -0.05) is 35.9 Å². The van der Waals surface area contributed by atoms with Gasteiger partial charge in [-0.15, -0.1) is 0 Å². The van der Waals surface area contributed by atoms with Crippen LogP contribution >= 0.6 is 11.6 Å². The molecule has 2 aromatic carbocycles. The molecule has 2 saturated heterocycles. The molecular formula is C30H25ClF3N5O3. The minimum atomic E-state index is -2.85. The van der Waals surface area contributed by atoms with Gasteiger partial charge >= 0.3 is 0 Å². The number of nitrogens with zero attached hydrogens (tertiary/aromatic N) is 4. The van der Waals surface area contributed by atoms with Crippen molar-refractivity contribution in [2.45, 2.75) is 62.1 Å². The number of anilines is 2. The van der Waals surface area contributed by atoms with E-state index in [0.29, 0.717) is 29.1 Å². The third-order valence-electron chi connectivity index (χ3n) is 7.80. The van der Waals surface area contributed by atoms with Crippen LogP contribution in [0.15, 0.2) is 66.9 Å². The zero-order chi connectivity index (χ0) is 29.6. The molecule has 2 amide bonds. The summed E-state index contributed by atoms with van der Waals surface area (Å²) < 4.78 is 47.9. The number of epoxide rings is 1. The van der Waals surface area contributed by atoms with E-state index in [0.717, 1.165) is 0 Å². The predicted molar refractivity (Wildman–Crippen MR) is 147 cm³/mol. The number of aromatic nitrogens is 1. The minimum absolute atomic E-state index is 0.194. The summed E-state index contributed by atoms with van der Waals surface area (Å²) in [4.78, 5) is 34.2. The fourth-order valence-electron chi connectivity index (χ4n) is 5.79. The lowest BCUT2D eigenvalue weighted by molar-refractivity contribution is -0.130. The highest BCUT2D eigenvalue weighted by molar-refractivity contribution is 6.31. The second-order valence-corrected chi connectivity index (χ2v) is 11.1. The quantitative estimate of drug-likeness (QED) is 0.363. The molecule has 1 saturated carbocycles. The van der Waals surface area contributed by atoms with Gasteiger partial charge in [0, 0.05) is 47.8 Å². The maximum Gasteiger partial charge on any atom is 0.252 e. The summed E-state index contributed by atoms with van der Waals surface area (Å²) in [5, 5.41) is 12.3. The topological polar surface area (TPSA) is 102 Å². The van der Waals surface area contributed by atoms with E-state index in [1.54, 1.807) is 35.2 Å². The van der Waals surface area contributed by atoms with E-state index in [-0.39, 0.29) is 17.4 Å². The van der Waals surface area contributed by atoms with Crippen molar-refractivity contribution in [3.8, 4) is 6.07 Å². The lowest BCUT2D eigenvalue weighted by Gasteiger charge is -2.38. The molecule has 1 aromatic heterocycles. The average Bonchev–Trinajstić information content (AvgIpc) is 3.63. The number of carbonyl (C=O) groups is 2. The summed E-state index contributed by atoms with van der Waals surface area (Å²) in [6.45, 7) is 0. The van der Waals surface area contributed by atoms with E-state index in [1.165, 1.54) is 41.4 Å². The number of rotatable bonds is 8. The number of ether oxygens (including phenoxy) is 1. The molecule has 1 N–H and O–H groups in total. The molecule has 3 aromatic rings. The highest BCUT2D eigenvalue weighted by Gasteiger charge is 2.57. The molecule has 216 valence electrons. The smallest absolute Gasteiger partial charge is 0.252 e. The number of nitrogens with one attached hydrogen (secondary N) is 1. The number of hydrogen-bond acceptors (Lipinski definition) is 6. The fourth-order valence-corrected chi connectivity index (χ4v) is 6.03. The van der Waals surface area contributed by atoms with Gasteiger partial charge in [0.2, 0.25) is 11.8 Å². The van der Waals surface area contributed by atoms with Crippen LogP contribution in [0.5, 0.6) is 0 Å². The molecule has 3 aliphatic rings. The van der Waals surface area contributed by atoms with Gasteiger partial charge in [0.25, 0.3) is 5.92 Å². The largest absolute Gasteiger partial charge is 0.351 e. The Kier molecular flexibility index (Phi) is 7.29. The molecular weight excluding hydrogens is 571 g/mol. The van der Waals surface area contributed by atoms with Gasteiger partial charge in [0.15, 0.2) is 6.23 Å². The maximum absolute atomic E-state index is 14.6. The number of halogens is 4. The van der Waals surface area contributed by atoms with Crippen LogP contribution in [0, 0.1) is 17.1 Å². The van der Waals surface area contributed by atoms with Crippen LogP contribution in [-0.2, 0) is 14.3 Å². The molecule has 6 rings (SSSR count). The lowest BCUT2D eigenvalue weighted by Crippen LogP contribution is -2.54. The van der Waals surface area contributed by atoms with Crippen molar-refractivity contribution in [2.24, 2.45) is 0 Å². The van der Waals surface area contributed by atoms with Crippen molar-refractivity contribution in [3.05, 3.63) is 88.8 Å². The Bertz CT molecular complexity index is 1580. The van der Waals surface area contributed by atoms with Gasteiger partial charge in [-0.25, -0.2) is 18.2 Å². The minimum Gasteiger partial charge on any atom is -0.351 e. The monoisotopic (exact) mass is 595 g/mol. The Balaban J connectivity index is 1.37. The summed E-state index contributed by atoms with van der Waals surface area (Å²) in [5.74, 6) is -3.88. The predicted octanol–water partition coefficient (Wildman–Crippen LogP) is 5.13. The maximum atomic E-state index is 14.6. The number of alkyl halides is 2. The van der Waals surface area contributed by atoms with Crippen molar-refractivity contribution in [1.29, 1.82) is 5.26 Å². The van der Waals surface area contributed by atoms with Crippen LogP contribution in [-0.4, -0.2) is 47.1 Å².